The van der Waals surface area contributed by atoms with Gasteiger partial charge in [0.05, 0.1) is 23.7 Å². The van der Waals surface area contributed by atoms with Crippen LogP contribution in [0.25, 0.3) is 0 Å². The summed E-state index contributed by atoms with van der Waals surface area (Å²) in [6.07, 6.45) is -4.96. The van der Waals surface area contributed by atoms with Gasteiger partial charge in [0.25, 0.3) is 11.8 Å². The fourth-order valence-corrected chi connectivity index (χ4v) is 3.72. The van der Waals surface area contributed by atoms with E-state index in [0.29, 0.717) is 13.0 Å². The molecule has 1 saturated carbocycles. The van der Waals surface area contributed by atoms with Crippen LogP contribution in [-0.2, 0) is 19.2 Å². The lowest BCUT2D eigenvalue weighted by Gasteiger charge is -2.21. The van der Waals surface area contributed by atoms with Crippen LogP contribution in [0.2, 0.25) is 5.02 Å². The van der Waals surface area contributed by atoms with Gasteiger partial charge >= 0.3 is 12.9 Å². The summed E-state index contributed by atoms with van der Waals surface area (Å²) in [6.45, 7) is -3.27. The minimum Gasteiger partial charge on any atom is -0.356 e. The molecule has 16 heteroatoms. The fraction of sp³-hybridized carbons (Fsp3) is 0.522. The number of ketones is 1. The molecule has 216 valence electrons. The van der Waals surface area contributed by atoms with Crippen LogP contribution in [0, 0.1) is 5.92 Å². The van der Waals surface area contributed by atoms with Crippen molar-refractivity contribution in [3.05, 3.63) is 28.8 Å². The zero-order chi connectivity index (χ0) is 29.3. The van der Waals surface area contributed by atoms with Crippen LogP contribution in [0.15, 0.2) is 18.2 Å². The maximum absolute atomic E-state index is 13.1. The van der Waals surface area contributed by atoms with E-state index in [1.165, 1.54) is 18.2 Å². The number of carbonyl (C=O) groups is 5. The van der Waals surface area contributed by atoms with Gasteiger partial charge in [-0.15, -0.1) is 0 Å². The highest BCUT2D eigenvalue weighted by Crippen LogP contribution is 2.25. The molecule has 1 aromatic rings. The van der Waals surface area contributed by atoms with E-state index in [2.05, 4.69) is 21.3 Å². The molecule has 39 heavy (non-hydrogen) atoms. The van der Waals surface area contributed by atoms with Crippen molar-refractivity contribution >= 4 is 46.7 Å². The molecule has 2 aliphatic rings. The van der Waals surface area contributed by atoms with Crippen LogP contribution >= 0.6 is 11.6 Å². The summed E-state index contributed by atoms with van der Waals surface area (Å²) < 4.78 is 66.3. The highest BCUT2D eigenvalue weighted by molar-refractivity contribution is 6.38. The van der Waals surface area contributed by atoms with Gasteiger partial charge in [0, 0.05) is 29.9 Å². The average Bonchev–Trinajstić information content (AvgIpc) is 3.56. The van der Waals surface area contributed by atoms with E-state index in [1.807, 2.05) is 0 Å². The Morgan fingerprint density at radius 1 is 1.08 bits per heavy atom. The minimum atomic E-state index is -4.53. The Kier molecular flexibility index (Phi) is 11.6. The molecule has 1 aromatic carbocycles. The number of rotatable bonds is 10. The van der Waals surface area contributed by atoms with Crippen molar-refractivity contribution in [2.75, 3.05) is 11.9 Å². The molecular formula is C23H25ClF6N4O5. The molecule has 0 spiro atoms. The van der Waals surface area contributed by atoms with Gasteiger partial charge in [-0.2, -0.15) is 26.3 Å². The number of halogens is 7. The molecule has 2 atom stereocenters. The summed E-state index contributed by atoms with van der Waals surface area (Å²) in [6, 6.07) is 2.28. The van der Waals surface area contributed by atoms with Crippen molar-refractivity contribution in [3.8, 4) is 0 Å². The highest BCUT2D eigenvalue weighted by Gasteiger charge is 2.36. The topological polar surface area (TPSA) is 133 Å². The second-order valence-electron chi connectivity index (χ2n) is 8.75. The van der Waals surface area contributed by atoms with Crippen LogP contribution in [-0.4, -0.2) is 60.9 Å². The van der Waals surface area contributed by atoms with E-state index < -0.39 is 61.2 Å². The Morgan fingerprint density at radius 3 is 2.26 bits per heavy atom. The third-order valence-corrected chi connectivity index (χ3v) is 5.81. The first-order valence-corrected chi connectivity index (χ1v) is 12.1. The summed E-state index contributed by atoms with van der Waals surface area (Å²) >= 11 is 5.96. The van der Waals surface area contributed by atoms with Crippen LogP contribution in [0.5, 0.6) is 0 Å². The van der Waals surface area contributed by atoms with Crippen LogP contribution < -0.4 is 21.3 Å². The van der Waals surface area contributed by atoms with E-state index in [9.17, 15) is 50.3 Å². The Balaban J connectivity index is 0.00000124. The maximum atomic E-state index is 13.1. The first-order chi connectivity index (χ1) is 18.2. The molecule has 0 radical (unpaired) electrons. The molecule has 1 saturated heterocycles. The average molecular weight is 587 g/mol. The molecule has 1 aliphatic heterocycles. The largest absolute Gasteiger partial charge is 0.389 e. The number of hydrogen-bond donors (Lipinski definition) is 4. The Bertz CT molecular complexity index is 1080. The second kappa shape index (κ2) is 14.1. The second-order valence-corrected chi connectivity index (χ2v) is 9.19. The third-order valence-electron chi connectivity index (χ3n) is 5.58. The lowest BCUT2D eigenvalue weighted by Crippen LogP contribution is -2.49. The Morgan fingerprint density at radius 2 is 1.72 bits per heavy atom. The van der Waals surface area contributed by atoms with E-state index >= 15 is 0 Å². The molecule has 9 nitrogen and oxygen atoms in total. The van der Waals surface area contributed by atoms with Gasteiger partial charge in [0.1, 0.15) is 0 Å². The van der Waals surface area contributed by atoms with E-state index in [4.69, 9.17) is 11.6 Å². The zero-order valence-electron chi connectivity index (χ0n) is 20.2. The predicted molar refractivity (Wildman–Crippen MR) is 126 cm³/mol. The highest BCUT2D eigenvalue weighted by atomic mass is 35.5. The van der Waals surface area contributed by atoms with Crippen molar-refractivity contribution in [1.82, 2.24) is 16.0 Å². The van der Waals surface area contributed by atoms with Crippen LogP contribution in [0.3, 0.4) is 0 Å². The van der Waals surface area contributed by atoms with Crippen molar-refractivity contribution in [2.45, 2.75) is 63.5 Å². The molecular weight excluding hydrogens is 562 g/mol. The molecule has 0 aromatic heterocycles. The van der Waals surface area contributed by atoms with Gasteiger partial charge in [-0.05, 0) is 43.9 Å². The number of amides is 4. The molecule has 0 bridgehead atoms. The van der Waals surface area contributed by atoms with Gasteiger partial charge in [-0.25, -0.2) is 0 Å². The number of carbonyl (C=O) groups excluding carboxylic acids is 5. The number of benzene rings is 1. The summed E-state index contributed by atoms with van der Waals surface area (Å²) in [5.41, 5.74) is -0.333. The quantitative estimate of drug-likeness (QED) is 0.247. The molecule has 4 amide bonds. The monoisotopic (exact) mass is 586 g/mol. The van der Waals surface area contributed by atoms with Gasteiger partial charge in [0.2, 0.25) is 17.6 Å². The Labute approximate surface area is 223 Å². The van der Waals surface area contributed by atoms with Crippen molar-refractivity contribution < 1.29 is 50.3 Å². The van der Waals surface area contributed by atoms with Crippen LogP contribution in [0.1, 0.15) is 48.9 Å². The number of hydrogen-bond acceptors (Lipinski definition) is 5. The first-order valence-electron chi connectivity index (χ1n) is 11.7. The van der Waals surface area contributed by atoms with Gasteiger partial charge in [-0.1, -0.05) is 11.6 Å². The number of nitrogens with one attached hydrogen (secondary N) is 4. The van der Waals surface area contributed by atoms with Crippen LogP contribution in [0.4, 0.5) is 32.0 Å². The molecule has 1 aliphatic carbocycles. The fourth-order valence-electron chi connectivity index (χ4n) is 3.55. The summed E-state index contributed by atoms with van der Waals surface area (Å²) in [5.74, 6) is -4.59. The summed E-state index contributed by atoms with van der Waals surface area (Å²) in [5, 5.41) is 9.94. The minimum absolute atomic E-state index is 0.0907. The molecule has 2 unspecified atom stereocenters. The Hall–Kier alpha value is -3.36. The summed E-state index contributed by atoms with van der Waals surface area (Å²) in [4.78, 5) is 62.2. The SMILES string of the molecule is FC(F)F.O=C(CCC(F)(F)F)Nc1ccc(Cl)cc1C(=O)NC(CC1CCNC1=O)C(=O)C(=O)NC1CC1. The van der Waals surface area contributed by atoms with Gasteiger partial charge in [0.15, 0.2) is 0 Å². The smallest absolute Gasteiger partial charge is 0.356 e. The molecule has 2 fully saturated rings. The van der Waals surface area contributed by atoms with Crippen molar-refractivity contribution in [1.29, 1.82) is 0 Å². The van der Waals surface area contributed by atoms with Gasteiger partial charge < -0.3 is 21.3 Å². The number of Topliss-reactive ketones (excluding diaryl/α,β-unsaturated/α-hetero) is 1. The zero-order valence-corrected chi connectivity index (χ0v) is 20.9. The van der Waals surface area contributed by atoms with Crippen molar-refractivity contribution in [3.63, 3.8) is 0 Å². The third kappa shape index (κ3) is 11.5. The maximum Gasteiger partial charge on any atom is 0.389 e. The van der Waals surface area contributed by atoms with E-state index in [0.717, 1.165) is 12.8 Å². The lowest BCUT2D eigenvalue weighted by atomic mass is 9.95. The van der Waals surface area contributed by atoms with E-state index in [-0.39, 0.29) is 34.6 Å². The van der Waals surface area contributed by atoms with Gasteiger partial charge in [-0.3, -0.25) is 24.0 Å². The molecule has 1 heterocycles. The molecule has 4 N–H and O–H groups in total. The lowest BCUT2D eigenvalue weighted by molar-refractivity contribution is -0.142. The first kappa shape index (κ1) is 31.9. The number of alkyl halides is 6. The van der Waals surface area contributed by atoms with E-state index in [1.54, 1.807) is 0 Å². The summed E-state index contributed by atoms with van der Waals surface area (Å²) in [7, 11) is 0. The normalized spacial score (nSPS) is 17.4. The van der Waals surface area contributed by atoms with Crippen molar-refractivity contribution in [2.24, 2.45) is 5.92 Å². The molecule has 3 rings (SSSR count). The predicted octanol–water partition coefficient (Wildman–Crippen LogP) is 3.27. The standard InChI is InChI=1S/C22H24ClF3N4O5.CHF3/c23-12-1-4-15(29-17(31)5-7-22(24,25)26)14(10-12)20(34)30-16(9-11-6-8-27-19(11)33)18(32)21(35)28-13-2-3-13;2-1(3)4/h1,4,10-11,13,16H,2-3,5-9H2,(H,27,33)(H,28,35)(H,29,31)(H,30,34);1H. The number of anilines is 1.